The second-order valence-corrected chi connectivity index (χ2v) is 9.23. The van der Waals surface area contributed by atoms with Gasteiger partial charge in [-0.3, -0.25) is 4.79 Å². The van der Waals surface area contributed by atoms with Crippen molar-refractivity contribution in [1.29, 1.82) is 0 Å². The molecule has 2 fully saturated rings. The number of aryl methyl sites for hydroxylation is 2. The highest BCUT2D eigenvalue weighted by Gasteiger charge is 2.52. The standard InChI is InChI=1S/C25H31N3O4/c1-16-14-27-22(24(31)23(16)30)25(32)26(12-13-29)15-28(27)21-19-8-4-2-6-17(19)10-11-18-7-3-5-9-20(18)21/h2-9,16,21-24,29-31H,10-15H2,1H3. The smallest absolute Gasteiger partial charge is 0.245 e. The summed E-state index contributed by atoms with van der Waals surface area (Å²) < 4.78 is 0. The van der Waals surface area contributed by atoms with Crippen LogP contribution in [0.2, 0.25) is 0 Å². The summed E-state index contributed by atoms with van der Waals surface area (Å²) in [7, 11) is 0. The molecule has 2 aliphatic heterocycles. The van der Waals surface area contributed by atoms with Crippen molar-refractivity contribution in [3.8, 4) is 0 Å². The van der Waals surface area contributed by atoms with Crippen LogP contribution in [0.5, 0.6) is 0 Å². The first-order chi connectivity index (χ1) is 15.5. The Kier molecular flexibility index (Phi) is 5.77. The van der Waals surface area contributed by atoms with Crippen molar-refractivity contribution < 1.29 is 20.1 Å². The maximum absolute atomic E-state index is 13.3. The number of rotatable bonds is 3. The molecule has 0 aromatic heterocycles. The molecule has 1 amide bonds. The van der Waals surface area contributed by atoms with Crippen molar-refractivity contribution in [1.82, 2.24) is 14.9 Å². The van der Waals surface area contributed by atoms with Crippen LogP contribution in [0.1, 0.15) is 35.2 Å². The molecular weight excluding hydrogens is 406 g/mol. The molecule has 0 radical (unpaired) electrons. The van der Waals surface area contributed by atoms with Crippen LogP contribution in [0.3, 0.4) is 0 Å². The summed E-state index contributed by atoms with van der Waals surface area (Å²) in [5.74, 6) is -0.429. The second-order valence-electron chi connectivity index (χ2n) is 9.23. The van der Waals surface area contributed by atoms with E-state index < -0.39 is 18.2 Å². The zero-order valence-electron chi connectivity index (χ0n) is 18.3. The summed E-state index contributed by atoms with van der Waals surface area (Å²) in [6, 6.07) is 15.9. The fourth-order valence-electron chi connectivity index (χ4n) is 5.61. The number of fused-ring (bicyclic) bond motifs is 3. The summed E-state index contributed by atoms with van der Waals surface area (Å²) in [5.41, 5.74) is 4.95. The highest BCUT2D eigenvalue weighted by Crippen LogP contribution is 2.41. The predicted octanol–water partition coefficient (Wildman–Crippen LogP) is 0.926. The predicted molar refractivity (Wildman–Crippen MR) is 119 cm³/mol. The number of carbonyl (C=O) groups is 1. The van der Waals surface area contributed by atoms with Crippen LogP contribution in [0, 0.1) is 5.92 Å². The van der Waals surface area contributed by atoms with Gasteiger partial charge in [0.15, 0.2) is 0 Å². The molecule has 32 heavy (non-hydrogen) atoms. The van der Waals surface area contributed by atoms with Crippen LogP contribution in [0.15, 0.2) is 48.5 Å². The first-order valence-corrected chi connectivity index (χ1v) is 11.5. The van der Waals surface area contributed by atoms with Crippen LogP contribution in [-0.2, 0) is 17.6 Å². The third-order valence-electron chi connectivity index (χ3n) is 7.29. The summed E-state index contributed by atoms with van der Waals surface area (Å²) in [6.45, 7) is 2.73. The number of β-amino-alcohol motifs (C(OH)–C–C–N with tert-alkyl or cyclic N) is 1. The number of nitrogens with zero attached hydrogens (tertiary/aromatic N) is 3. The van der Waals surface area contributed by atoms with Crippen LogP contribution in [0.25, 0.3) is 0 Å². The third-order valence-corrected chi connectivity index (χ3v) is 7.29. The largest absolute Gasteiger partial charge is 0.395 e. The molecular formula is C25H31N3O4. The number of benzene rings is 2. The maximum Gasteiger partial charge on any atom is 0.245 e. The van der Waals surface area contributed by atoms with Gasteiger partial charge in [0.2, 0.25) is 5.91 Å². The van der Waals surface area contributed by atoms with Gasteiger partial charge in [0.05, 0.1) is 25.4 Å². The molecule has 2 saturated heterocycles. The lowest BCUT2D eigenvalue weighted by atomic mass is 9.87. The Hall–Kier alpha value is -2.29. The lowest BCUT2D eigenvalue weighted by Crippen LogP contribution is -2.73. The van der Waals surface area contributed by atoms with Gasteiger partial charge in [-0.1, -0.05) is 55.5 Å². The van der Waals surface area contributed by atoms with Gasteiger partial charge in [-0.15, -0.1) is 0 Å². The van der Waals surface area contributed by atoms with E-state index in [1.54, 1.807) is 4.90 Å². The molecule has 2 aromatic carbocycles. The Bertz CT molecular complexity index is 951. The van der Waals surface area contributed by atoms with Gasteiger partial charge in [-0.2, -0.15) is 0 Å². The van der Waals surface area contributed by atoms with Crippen molar-refractivity contribution in [2.45, 2.75) is 44.1 Å². The fourth-order valence-corrected chi connectivity index (χ4v) is 5.61. The van der Waals surface area contributed by atoms with Crippen LogP contribution in [0.4, 0.5) is 0 Å². The van der Waals surface area contributed by atoms with Gasteiger partial charge in [-0.05, 0) is 41.0 Å². The van der Waals surface area contributed by atoms with Crippen molar-refractivity contribution in [2.75, 3.05) is 26.4 Å². The molecule has 7 heteroatoms. The fraction of sp³-hybridized carbons (Fsp3) is 0.480. The number of piperidine rings is 1. The zero-order chi connectivity index (χ0) is 22.4. The average Bonchev–Trinajstić information content (AvgIpc) is 2.96. The molecule has 0 bridgehead atoms. The van der Waals surface area contributed by atoms with E-state index >= 15 is 0 Å². The van der Waals surface area contributed by atoms with Gasteiger partial charge in [-0.25, -0.2) is 10.0 Å². The van der Waals surface area contributed by atoms with E-state index in [9.17, 15) is 20.1 Å². The maximum atomic E-state index is 13.3. The summed E-state index contributed by atoms with van der Waals surface area (Å²) in [5, 5.41) is 35.3. The molecule has 0 spiro atoms. The first-order valence-electron chi connectivity index (χ1n) is 11.5. The van der Waals surface area contributed by atoms with Crippen molar-refractivity contribution >= 4 is 5.91 Å². The molecule has 5 rings (SSSR count). The minimum absolute atomic E-state index is 0.128. The SMILES string of the molecule is CC1CN2C(C(=O)N(CCO)CN2C2c3ccccc3CCc3ccccc32)C(O)C1O. The van der Waals surface area contributed by atoms with E-state index in [2.05, 4.69) is 53.5 Å². The highest BCUT2D eigenvalue weighted by molar-refractivity contribution is 5.83. The Morgan fingerprint density at radius 1 is 0.906 bits per heavy atom. The van der Waals surface area contributed by atoms with Gasteiger partial charge in [0.25, 0.3) is 0 Å². The van der Waals surface area contributed by atoms with E-state index in [4.69, 9.17) is 0 Å². The number of amides is 1. The van der Waals surface area contributed by atoms with Gasteiger partial charge >= 0.3 is 0 Å². The highest BCUT2D eigenvalue weighted by atomic mass is 16.3. The van der Waals surface area contributed by atoms with Crippen molar-refractivity contribution in [3.05, 3.63) is 70.8 Å². The Labute approximate surface area is 188 Å². The number of aliphatic hydroxyl groups is 3. The molecule has 2 aromatic rings. The molecule has 170 valence electrons. The van der Waals surface area contributed by atoms with E-state index in [0.717, 1.165) is 12.8 Å². The molecule has 0 saturated carbocycles. The van der Waals surface area contributed by atoms with Gasteiger partial charge < -0.3 is 20.2 Å². The Balaban J connectivity index is 1.66. The molecule has 7 nitrogen and oxygen atoms in total. The van der Waals surface area contributed by atoms with Gasteiger partial charge in [0, 0.05) is 13.1 Å². The molecule has 2 heterocycles. The minimum atomic E-state index is -1.19. The molecule has 4 unspecified atom stereocenters. The van der Waals surface area contributed by atoms with Crippen molar-refractivity contribution in [2.24, 2.45) is 5.92 Å². The molecule has 3 N–H and O–H groups in total. The monoisotopic (exact) mass is 437 g/mol. The quantitative estimate of drug-likeness (QED) is 0.662. The number of carbonyl (C=O) groups excluding carboxylic acids is 1. The normalized spacial score (nSPS) is 29.2. The lowest BCUT2D eigenvalue weighted by Gasteiger charge is -2.55. The Morgan fingerprint density at radius 3 is 2.09 bits per heavy atom. The average molecular weight is 438 g/mol. The number of hydrazine groups is 1. The van der Waals surface area contributed by atoms with Crippen LogP contribution in [-0.4, -0.2) is 80.8 Å². The Morgan fingerprint density at radius 2 is 1.50 bits per heavy atom. The van der Waals surface area contributed by atoms with Crippen LogP contribution < -0.4 is 0 Å². The second kappa shape index (κ2) is 8.57. The third kappa shape index (κ3) is 3.45. The lowest BCUT2D eigenvalue weighted by molar-refractivity contribution is -0.227. The van der Waals surface area contributed by atoms with Gasteiger partial charge in [0.1, 0.15) is 12.1 Å². The summed E-state index contributed by atoms with van der Waals surface area (Å²) in [6.07, 6.45) is -0.271. The van der Waals surface area contributed by atoms with E-state index in [0.29, 0.717) is 13.2 Å². The van der Waals surface area contributed by atoms with E-state index in [1.807, 2.05) is 11.9 Å². The molecule has 3 aliphatic rings. The molecule has 1 aliphatic carbocycles. The van der Waals surface area contributed by atoms with E-state index in [1.165, 1.54) is 22.3 Å². The minimum Gasteiger partial charge on any atom is -0.395 e. The van der Waals surface area contributed by atoms with Crippen LogP contribution >= 0.6 is 0 Å². The zero-order valence-corrected chi connectivity index (χ0v) is 18.3. The number of aliphatic hydroxyl groups excluding tert-OH is 3. The molecule has 4 atom stereocenters. The van der Waals surface area contributed by atoms with E-state index in [-0.39, 0.29) is 31.0 Å². The topological polar surface area (TPSA) is 87.5 Å². The number of hydrogen-bond donors (Lipinski definition) is 3. The van der Waals surface area contributed by atoms with Crippen molar-refractivity contribution in [3.63, 3.8) is 0 Å². The summed E-state index contributed by atoms with van der Waals surface area (Å²) >= 11 is 0. The first kappa shape index (κ1) is 21.6. The summed E-state index contributed by atoms with van der Waals surface area (Å²) in [4.78, 5) is 14.9. The number of hydrogen-bond acceptors (Lipinski definition) is 6.